The van der Waals surface area contributed by atoms with Crippen LogP contribution in [0, 0.1) is 6.92 Å². The summed E-state index contributed by atoms with van der Waals surface area (Å²) in [5, 5.41) is 0. The molecule has 0 amide bonds. The molecule has 2 aromatic rings. The van der Waals surface area contributed by atoms with E-state index in [4.69, 9.17) is 17.2 Å². The van der Waals surface area contributed by atoms with Crippen molar-refractivity contribution in [2.75, 3.05) is 17.2 Å². The third kappa shape index (κ3) is 3.01. The number of aryl methyl sites for hydroxylation is 1. The number of benzene rings is 1. The molecule has 0 unspecified atom stereocenters. The molecule has 94 valence electrons. The summed E-state index contributed by atoms with van der Waals surface area (Å²) in [5.41, 5.74) is 18.8. The molecule has 0 saturated heterocycles. The quantitative estimate of drug-likeness (QED) is 0.562. The van der Waals surface area contributed by atoms with Gasteiger partial charge in [-0.05, 0) is 24.6 Å². The van der Waals surface area contributed by atoms with Gasteiger partial charge in [-0.25, -0.2) is 0 Å². The van der Waals surface area contributed by atoms with Gasteiger partial charge in [-0.3, -0.25) is 0 Å². The molecule has 1 aromatic heterocycles. The van der Waals surface area contributed by atoms with Crippen LogP contribution in [0.4, 0.5) is 17.6 Å². The van der Waals surface area contributed by atoms with Crippen molar-refractivity contribution in [3.8, 4) is 0 Å². The van der Waals surface area contributed by atoms with Crippen LogP contribution in [0.15, 0.2) is 23.1 Å². The van der Waals surface area contributed by atoms with Gasteiger partial charge >= 0.3 is 0 Å². The molecule has 0 saturated carbocycles. The number of anilines is 3. The van der Waals surface area contributed by atoms with E-state index in [1.54, 1.807) is 0 Å². The second-order valence-electron chi connectivity index (χ2n) is 3.80. The summed E-state index contributed by atoms with van der Waals surface area (Å²) in [6.07, 6.45) is 0. The average molecular weight is 262 g/mol. The first kappa shape index (κ1) is 12.4. The van der Waals surface area contributed by atoms with Crippen LogP contribution in [0.5, 0.6) is 0 Å². The first-order chi connectivity index (χ1) is 8.54. The summed E-state index contributed by atoms with van der Waals surface area (Å²) >= 11 is 1.54. The molecule has 0 aliphatic carbocycles. The Labute approximate surface area is 109 Å². The second-order valence-corrected chi connectivity index (χ2v) is 4.82. The number of hydrogen-bond donors (Lipinski definition) is 3. The maximum Gasteiger partial charge on any atom is 0.225 e. The van der Waals surface area contributed by atoms with Crippen molar-refractivity contribution >= 4 is 29.3 Å². The van der Waals surface area contributed by atoms with Crippen LogP contribution in [-0.4, -0.2) is 15.0 Å². The van der Waals surface area contributed by atoms with Gasteiger partial charge in [-0.2, -0.15) is 15.0 Å². The summed E-state index contributed by atoms with van der Waals surface area (Å²) in [4.78, 5) is 12.7. The minimum Gasteiger partial charge on any atom is -0.398 e. The molecule has 0 atom stereocenters. The van der Waals surface area contributed by atoms with E-state index < -0.39 is 0 Å². The van der Waals surface area contributed by atoms with Crippen LogP contribution < -0.4 is 17.2 Å². The van der Waals surface area contributed by atoms with Crippen molar-refractivity contribution in [1.29, 1.82) is 0 Å². The van der Waals surface area contributed by atoms with E-state index in [0.29, 0.717) is 11.6 Å². The Morgan fingerprint density at radius 2 is 1.72 bits per heavy atom. The van der Waals surface area contributed by atoms with Gasteiger partial charge in [0.25, 0.3) is 0 Å². The molecule has 0 bridgehead atoms. The first-order valence-electron chi connectivity index (χ1n) is 5.29. The fraction of sp³-hybridized carbons (Fsp3) is 0.182. The first-order valence-corrected chi connectivity index (χ1v) is 6.28. The molecule has 18 heavy (non-hydrogen) atoms. The molecule has 0 aliphatic heterocycles. The number of nitrogens with zero attached hydrogens (tertiary/aromatic N) is 3. The molecule has 1 heterocycles. The van der Waals surface area contributed by atoms with Crippen molar-refractivity contribution in [3.63, 3.8) is 0 Å². The standard InChI is InChI=1S/C11H14N6S/c1-6-2-3-8(7(12)4-6)18-5-9-15-10(13)17-11(14)16-9/h2-4H,5,12H2,1H3,(H4,13,14,15,16,17). The molecule has 2 rings (SSSR count). The molecule has 0 aliphatic rings. The summed E-state index contributed by atoms with van der Waals surface area (Å²) in [6, 6.07) is 5.91. The lowest BCUT2D eigenvalue weighted by atomic mass is 10.2. The number of thioether (sulfide) groups is 1. The maximum atomic E-state index is 5.92. The zero-order valence-electron chi connectivity index (χ0n) is 9.92. The highest BCUT2D eigenvalue weighted by Crippen LogP contribution is 2.28. The van der Waals surface area contributed by atoms with E-state index in [1.165, 1.54) is 11.8 Å². The third-order valence-electron chi connectivity index (χ3n) is 2.24. The fourth-order valence-corrected chi connectivity index (χ4v) is 2.27. The second kappa shape index (κ2) is 5.09. The van der Waals surface area contributed by atoms with Gasteiger partial charge in [0, 0.05) is 10.6 Å². The van der Waals surface area contributed by atoms with Gasteiger partial charge in [-0.1, -0.05) is 6.07 Å². The predicted octanol–water partition coefficient (Wildman–Crippen LogP) is 1.22. The third-order valence-corrected chi connectivity index (χ3v) is 3.32. The number of hydrogen-bond acceptors (Lipinski definition) is 7. The molecule has 7 heteroatoms. The van der Waals surface area contributed by atoms with E-state index in [9.17, 15) is 0 Å². The van der Waals surface area contributed by atoms with Crippen molar-refractivity contribution in [2.24, 2.45) is 0 Å². The summed E-state index contributed by atoms with van der Waals surface area (Å²) < 4.78 is 0. The molecule has 0 fully saturated rings. The lowest BCUT2D eigenvalue weighted by molar-refractivity contribution is 0.988. The van der Waals surface area contributed by atoms with E-state index >= 15 is 0 Å². The zero-order chi connectivity index (χ0) is 13.1. The van der Waals surface area contributed by atoms with Crippen LogP contribution in [-0.2, 0) is 5.75 Å². The Hall–Kier alpha value is -2.02. The Morgan fingerprint density at radius 3 is 2.33 bits per heavy atom. The van der Waals surface area contributed by atoms with Crippen LogP contribution in [0.25, 0.3) is 0 Å². The minimum absolute atomic E-state index is 0.134. The Morgan fingerprint density at radius 1 is 1.06 bits per heavy atom. The molecule has 0 radical (unpaired) electrons. The van der Waals surface area contributed by atoms with Crippen LogP contribution >= 0.6 is 11.8 Å². The molecule has 0 spiro atoms. The Kier molecular flexibility index (Phi) is 3.52. The average Bonchev–Trinajstić information content (AvgIpc) is 2.26. The van der Waals surface area contributed by atoms with Gasteiger partial charge in [-0.15, -0.1) is 11.8 Å². The van der Waals surface area contributed by atoms with Crippen LogP contribution in [0.1, 0.15) is 11.4 Å². The zero-order valence-corrected chi connectivity index (χ0v) is 10.7. The van der Waals surface area contributed by atoms with Crippen LogP contribution in [0.3, 0.4) is 0 Å². The SMILES string of the molecule is Cc1ccc(SCc2nc(N)nc(N)n2)c(N)c1. The van der Waals surface area contributed by atoms with Crippen LogP contribution in [0.2, 0.25) is 0 Å². The largest absolute Gasteiger partial charge is 0.398 e. The van der Waals surface area contributed by atoms with Crippen molar-refractivity contribution in [2.45, 2.75) is 17.6 Å². The number of nitrogens with two attached hydrogens (primary N) is 3. The van der Waals surface area contributed by atoms with E-state index in [0.717, 1.165) is 16.1 Å². The van der Waals surface area contributed by atoms with Crippen molar-refractivity contribution < 1.29 is 0 Å². The van der Waals surface area contributed by atoms with Gasteiger partial charge in [0.1, 0.15) is 5.82 Å². The Bertz CT molecular complexity index is 551. The van der Waals surface area contributed by atoms with Gasteiger partial charge in [0.15, 0.2) is 0 Å². The van der Waals surface area contributed by atoms with Gasteiger partial charge in [0.2, 0.25) is 11.9 Å². The lowest BCUT2D eigenvalue weighted by Gasteiger charge is -2.06. The molecule has 6 nitrogen and oxygen atoms in total. The van der Waals surface area contributed by atoms with Crippen molar-refractivity contribution in [1.82, 2.24) is 15.0 Å². The number of rotatable bonds is 3. The highest BCUT2D eigenvalue weighted by Gasteiger charge is 2.05. The smallest absolute Gasteiger partial charge is 0.225 e. The van der Waals surface area contributed by atoms with Gasteiger partial charge in [0.05, 0.1) is 5.75 Å². The summed E-state index contributed by atoms with van der Waals surface area (Å²) in [7, 11) is 0. The highest BCUT2D eigenvalue weighted by atomic mass is 32.2. The predicted molar refractivity (Wildman–Crippen MR) is 73.8 cm³/mol. The maximum absolute atomic E-state index is 5.92. The normalized spacial score (nSPS) is 10.5. The summed E-state index contributed by atoms with van der Waals surface area (Å²) in [5.74, 6) is 1.36. The monoisotopic (exact) mass is 262 g/mol. The molecule has 1 aromatic carbocycles. The molecular formula is C11H14N6S. The highest BCUT2D eigenvalue weighted by molar-refractivity contribution is 7.98. The summed E-state index contributed by atoms with van der Waals surface area (Å²) in [6.45, 7) is 2.00. The topological polar surface area (TPSA) is 117 Å². The van der Waals surface area contributed by atoms with E-state index in [2.05, 4.69) is 15.0 Å². The molecular weight excluding hydrogens is 248 g/mol. The number of nitrogen functional groups attached to an aromatic ring is 3. The minimum atomic E-state index is 0.134. The lowest BCUT2D eigenvalue weighted by Crippen LogP contribution is -2.06. The number of aromatic nitrogens is 3. The molecule has 6 N–H and O–H groups in total. The van der Waals surface area contributed by atoms with Gasteiger partial charge < -0.3 is 17.2 Å². The Balaban J connectivity index is 2.11. The van der Waals surface area contributed by atoms with E-state index in [-0.39, 0.29) is 11.9 Å². The van der Waals surface area contributed by atoms with E-state index in [1.807, 2.05) is 25.1 Å². The fourth-order valence-electron chi connectivity index (χ4n) is 1.46. The van der Waals surface area contributed by atoms with Crippen molar-refractivity contribution in [3.05, 3.63) is 29.6 Å².